The topological polar surface area (TPSA) is 35.5 Å². The van der Waals surface area contributed by atoms with Crippen molar-refractivity contribution in [3.05, 3.63) is 0 Å². The third-order valence-corrected chi connectivity index (χ3v) is 2.43. The number of rotatable bonds is 3. The van der Waals surface area contributed by atoms with Crippen LogP contribution >= 0.6 is 0 Å². The lowest BCUT2D eigenvalue weighted by Crippen LogP contribution is -2.46. The lowest BCUT2D eigenvalue weighted by atomic mass is 9.99. The molecule has 72 valence electrons. The third-order valence-electron chi connectivity index (χ3n) is 2.43. The third kappa shape index (κ3) is 3.09. The maximum atomic E-state index is 9.60. The van der Waals surface area contributed by atoms with Crippen LogP contribution in [0.15, 0.2) is 0 Å². The number of hydrogen-bond donors (Lipinski definition) is 2. The molecule has 1 rings (SSSR count). The van der Waals surface area contributed by atoms with Crippen LogP contribution in [0, 0.1) is 0 Å². The molecule has 0 amide bonds. The standard InChI is InChI=1S/C9H20N2O/c1-11(2)7-5-8-9(12)4-3-6-10-8/h8-10,12H,3-7H2,1-2H3. The van der Waals surface area contributed by atoms with Gasteiger partial charge in [-0.3, -0.25) is 0 Å². The maximum absolute atomic E-state index is 9.60. The lowest BCUT2D eigenvalue weighted by molar-refractivity contribution is 0.0887. The van der Waals surface area contributed by atoms with E-state index < -0.39 is 0 Å². The Morgan fingerprint density at radius 2 is 2.25 bits per heavy atom. The van der Waals surface area contributed by atoms with Crippen LogP contribution in [0.5, 0.6) is 0 Å². The number of nitrogens with one attached hydrogen (secondary N) is 1. The molecule has 0 aromatic rings. The Labute approximate surface area is 74.8 Å². The summed E-state index contributed by atoms with van der Waals surface area (Å²) in [5, 5.41) is 12.9. The minimum Gasteiger partial charge on any atom is -0.392 e. The zero-order chi connectivity index (χ0) is 8.97. The lowest BCUT2D eigenvalue weighted by Gasteiger charge is -2.29. The van der Waals surface area contributed by atoms with Crippen molar-refractivity contribution in [1.29, 1.82) is 0 Å². The van der Waals surface area contributed by atoms with Gasteiger partial charge in [0, 0.05) is 6.04 Å². The highest BCUT2D eigenvalue weighted by molar-refractivity contribution is 4.80. The molecule has 3 heteroatoms. The summed E-state index contributed by atoms with van der Waals surface area (Å²) in [6.07, 6.45) is 3.00. The van der Waals surface area contributed by atoms with Crippen LogP contribution < -0.4 is 5.32 Å². The van der Waals surface area contributed by atoms with Crippen molar-refractivity contribution in [2.24, 2.45) is 0 Å². The fourth-order valence-electron chi connectivity index (χ4n) is 1.63. The second kappa shape index (κ2) is 4.80. The van der Waals surface area contributed by atoms with Crippen LogP contribution in [-0.4, -0.2) is 49.3 Å². The number of aliphatic hydroxyl groups is 1. The van der Waals surface area contributed by atoms with E-state index in [2.05, 4.69) is 24.3 Å². The molecule has 0 aliphatic carbocycles. The molecule has 3 nitrogen and oxygen atoms in total. The molecule has 0 aromatic carbocycles. The van der Waals surface area contributed by atoms with Crippen LogP contribution in [0.1, 0.15) is 19.3 Å². The van der Waals surface area contributed by atoms with Crippen molar-refractivity contribution in [3.63, 3.8) is 0 Å². The molecule has 2 unspecified atom stereocenters. The Hall–Kier alpha value is -0.120. The molecule has 0 radical (unpaired) electrons. The first-order chi connectivity index (χ1) is 5.70. The fourth-order valence-corrected chi connectivity index (χ4v) is 1.63. The van der Waals surface area contributed by atoms with Crippen molar-refractivity contribution in [2.45, 2.75) is 31.4 Å². The summed E-state index contributed by atoms with van der Waals surface area (Å²) < 4.78 is 0. The predicted molar refractivity (Wildman–Crippen MR) is 50.2 cm³/mol. The van der Waals surface area contributed by atoms with E-state index in [0.29, 0.717) is 6.04 Å². The Morgan fingerprint density at radius 3 is 2.83 bits per heavy atom. The van der Waals surface area contributed by atoms with E-state index in [1.54, 1.807) is 0 Å². The predicted octanol–water partition coefficient (Wildman–Crippen LogP) is 0.0510. The molecular formula is C9H20N2O. The van der Waals surface area contributed by atoms with Gasteiger partial charge < -0.3 is 15.3 Å². The van der Waals surface area contributed by atoms with Gasteiger partial charge in [0.1, 0.15) is 0 Å². The first kappa shape index (κ1) is 9.96. The summed E-state index contributed by atoms with van der Waals surface area (Å²) in [6.45, 7) is 2.11. The van der Waals surface area contributed by atoms with E-state index in [9.17, 15) is 5.11 Å². The first-order valence-electron chi connectivity index (χ1n) is 4.76. The molecule has 1 aliphatic heterocycles. The summed E-state index contributed by atoms with van der Waals surface area (Å²) in [5.41, 5.74) is 0. The van der Waals surface area contributed by atoms with Crippen molar-refractivity contribution in [3.8, 4) is 0 Å². The summed E-state index contributed by atoms with van der Waals surface area (Å²) in [5.74, 6) is 0. The smallest absolute Gasteiger partial charge is 0.0694 e. The number of piperidine rings is 1. The molecule has 0 bridgehead atoms. The van der Waals surface area contributed by atoms with E-state index >= 15 is 0 Å². The highest BCUT2D eigenvalue weighted by Crippen LogP contribution is 2.11. The van der Waals surface area contributed by atoms with Crippen LogP contribution in [-0.2, 0) is 0 Å². The van der Waals surface area contributed by atoms with Gasteiger partial charge in [0.15, 0.2) is 0 Å². The van der Waals surface area contributed by atoms with Crippen molar-refractivity contribution in [2.75, 3.05) is 27.2 Å². The minimum atomic E-state index is -0.126. The normalized spacial score (nSPS) is 31.0. The highest BCUT2D eigenvalue weighted by atomic mass is 16.3. The monoisotopic (exact) mass is 172 g/mol. The SMILES string of the molecule is CN(C)CCC1NCCCC1O. The van der Waals surface area contributed by atoms with Crippen LogP contribution in [0.25, 0.3) is 0 Å². The average molecular weight is 172 g/mol. The Balaban J connectivity index is 2.20. The second-order valence-electron chi connectivity index (χ2n) is 3.86. The molecule has 1 heterocycles. The average Bonchev–Trinajstić information content (AvgIpc) is 2.03. The van der Waals surface area contributed by atoms with E-state index in [1.165, 1.54) is 0 Å². The van der Waals surface area contributed by atoms with Crippen LogP contribution in [0.4, 0.5) is 0 Å². The van der Waals surface area contributed by atoms with Crippen LogP contribution in [0.2, 0.25) is 0 Å². The fraction of sp³-hybridized carbons (Fsp3) is 1.00. The number of hydrogen-bond acceptors (Lipinski definition) is 3. The molecule has 2 N–H and O–H groups in total. The van der Waals surface area contributed by atoms with E-state index in [1.807, 2.05) is 0 Å². The second-order valence-corrected chi connectivity index (χ2v) is 3.86. The highest BCUT2D eigenvalue weighted by Gasteiger charge is 2.21. The molecule has 0 saturated carbocycles. The van der Waals surface area contributed by atoms with Crippen molar-refractivity contribution >= 4 is 0 Å². The Kier molecular flexibility index (Phi) is 3.98. The number of nitrogens with zero attached hydrogens (tertiary/aromatic N) is 1. The Bertz CT molecular complexity index is 128. The van der Waals surface area contributed by atoms with E-state index in [4.69, 9.17) is 0 Å². The van der Waals surface area contributed by atoms with Gasteiger partial charge in [0.2, 0.25) is 0 Å². The van der Waals surface area contributed by atoms with Gasteiger partial charge in [-0.2, -0.15) is 0 Å². The largest absolute Gasteiger partial charge is 0.392 e. The quantitative estimate of drug-likeness (QED) is 0.631. The van der Waals surface area contributed by atoms with E-state index in [0.717, 1.165) is 32.4 Å². The Morgan fingerprint density at radius 1 is 1.50 bits per heavy atom. The molecule has 2 atom stereocenters. The maximum Gasteiger partial charge on any atom is 0.0694 e. The summed E-state index contributed by atoms with van der Waals surface area (Å²) in [7, 11) is 4.13. The summed E-state index contributed by atoms with van der Waals surface area (Å²) in [6, 6.07) is 0.321. The first-order valence-corrected chi connectivity index (χ1v) is 4.76. The molecular weight excluding hydrogens is 152 g/mol. The van der Waals surface area contributed by atoms with Crippen molar-refractivity contribution in [1.82, 2.24) is 10.2 Å². The molecule has 12 heavy (non-hydrogen) atoms. The molecule has 1 fully saturated rings. The molecule has 0 spiro atoms. The molecule has 1 aliphatic rings. The van der Waals surface area contributed by atoms with E-state index in [-0.39, 0.29) is 6.10 Å². The van der Waals surface area contributed by atoms with Crippen LogP contribution in [0.3, 0.4) is 0 Å². The van der Waals surface area contributed by atoms with Gasteiger partial charge in [0.25, 0.3) is 0 Å². The summed E-state index contributed by atoms with van der Waals surface area (Å²) >= 11 is 0. The zero-order valence-corrected chi connectivity index (χ0v) is 8.08. The van der Waals surface area contributed by atoms with Gasteiger partial charge in [0.05, 0.1) is 6.10 Å². The van der Waals surface area contributed by atoms with Gasteiger partial charge in [-0.25, -0.2) is 0 Å². The van der Waals surface area contributed by atoms with Crippen molar-refractivity contribution < 1.29 is 5.11 Å². The molecule has 1 saturated heterocycles. The van der Waals surface area contributed by atoms with Gasteiger partial charge >= 0.3 is 0 Å². The zero-order valence-electron chi connectivity index (χ0n) is 8.08. The minimum absolute atomic E-state index is 0.126. The van der Waals surface area contributed by atoms with Gasteiger partial charge in [-0.05, 0) is 46.4 Å². The summed E-state index contributed by atoms with van der Waals surface area (Å²) in [4.78, 5) is 2.16. The van der Waals surface area contributed by atoms with Gasteiger partial charge in [-0.15, -0.1) is 0 Å². The number of aliphatic hydroxyl groups excluding tert-OH is 1. The van der Waals surface area contributed by atoms with Gasteiger partial charge in [-0.1, -0.05) is 0 Å². The molecule has 0 aromatic heterocycles.